The lowest BCUT2D eigenvalue weighted by molar-refractivity contribution is -0.369. The average molecular weight is 615 g/mol. The normalized spacial score (nSPS) is 43.0. The van der Waals surface area contributed by atoms with Gasteiger partial charge in [0.2, 0.25) is 0 Å². The van der Waals surface area contributed by atoms with Gasteiger partial charge in [0.05, 0.1) is 82.9 Å². The van der Waals surface area contributed by atoms with Gasteiger partial charge >= 0.3 is 0 Å². The van der Waals surface area contributed by atoms with Crippen LogP contribution in [0.4, 0.5) is 0 Å². The summed E-state index contributed by atoms with van der Waals surface area (Å²) in [6, 6.07) is 0. The van der Waals surface area contributed by atoms with Crippen molar-refractivity contribution in [3.63, 3.8) is 0 Å². The maximum atomic E-state index is 11.0. The summed E-state index contributed by atoms with van der Waals surface area (Å²) in [5.41, 5.74) is 0. The van der Waals surface area contributed by atoms with E-state index in [1.807, 2.05) is 0 Å². The fraction of sp³-hybridized carbons (Fsp3) is 1.00. The Morgan fingerprint density at radius 3 is 1.55 bits per heavy atom. The molecular formula is C27H50O15. The first kappa shape index (κ1) is 35.9. The molecular weight excluding hydrogens is 564 g/mol. The second-order valence-corrected chi connectivity index (χ2v) is 10.7. The van der Waals surface area contributed by atoms with E-state index in [1.165, 1.54) is 35.5 Å². The predicted molar refractivity (Wildman–Crippen MR) is 143 cm³/mol. The van der Waals surface area contributed by atoms with Crippen molar-refractivity contribution >= 4 is 0 Å². The Labute approximate surface area is 247 Å². The molecule has 0 amide bonds. The number of hydrogen-bond donors (Lipinski definition) is 4. The van der Waals surface area contributed by atoms with Crippen LogP contribution in [0, 0.1) is 17.8 Å². The van der Waals surface area contributed by atoms with Crippen LogP contribution in [0.2, 0.25) is 0 Å². The van der Waals surface area contributed by atoms with Crippen molar-refractivity contribution in [2.75, 3.05) is 88.9 Å². The molecule has 248 valence electrons. The van der Waals surface area contributed by atoms with E-state index in [-0.39, 0.29) is 46.2 Å². The zero-order chi connectivity index (χ0) is 30.8. The molecule has 0 aromatic heterocycles. The van der Waals surface area contributed by atoms with Crippen molar-refractivity contribution < 1.29 is 72.5 Å². The molecule has 0 aromatic rings. The molecule has 0 aliphatic carbocycles. The second-order valence-electron chi connectivity index (χ2n) is 10.7. The molecule has 3 aliphatic heterocycles. The molecule has 0 saturated carbocycles. The van der Waals surface area contributed by atoms with Gasteiger partial charge in [0.1, 0.15) is 18.3 Å². The van der Waals surface area contributed by atoms with Gasteiger partial charge in [-0.05, 0) is 0 Å². The summed E-state index contributed by atoms with van der Waals surface area (Å²) in [6.45, 7) is -0.345. The van der Waals surface area contributed by atoms with E-state index in [0.717, 1.165) is 0 Å². The van der Waals surface area contributed by atoms with E-state index in [9.17, 15) is 20.4 Å². The molecule has 3 aliphatic rings. The molecule has 0 aromatic carbocycles. The fourth-order valence-corrected chi connectivity index (χ4v) is 6.11. The zero-order valence-electron chi connectivity index (χ0n) is 25.3. The van der Waals surface area contributed by atoms with Crippen LogP contribution in [0.1, 0.15) is 0 Å². The van der Waals surface area contributed by atoms with Crippen molar-refractivity contribution in [3.05, 3.63) is 0 Å². The van der Waals surface area contributed by atoms with Crippen molar-refractivity contribution in [1.82, 2.24) is 0 Å². The lowest BCUT2D eigenvalue weighted by Gasteiger charge is -2.50. The SMILES string of the molecule is COCC1O[C@@H](O[C@@H]2C(OC)[C@H](O[C@@H]3C(OC)COC(COC)[C@H]3CO)OC(COC)[C@H]2CO)C(OC)[C@@H](O)[C@@H]1CO. The summed E-state index contributed by atoms with van der Waals surface area (Å²) in [4.78, 5) is 0. The fourth-order valence-electron chi connectivity index (χ4n) is 6.11. The average Bonchev–Trinajstić information content (AvgIpc) is 2.98. The summed E-state index contributed by atoms with van der Waals surface area (Å²) < 4.78 is 64.3. The summed E-state index contributed by atoms with van der Waals surface area (Å²) in [7, 11) is 8.93. The summed E-state index contributed by atoms with van der Waals surface area (Å²) in [5, 5.41) is 41.8. The van der Waals surface area contributed by atoms with Crippen LogP contribution in [0.25, 0.3) is 0 Å². The van der Waals surface area contributed by atoms with Crippen molar-refractivity contribution in [2.45, 2.75) is 67.5 Å². The number of rotatable bonds is 16. The molecule has 3 fully saturated rings. The van der Waals surface area contributed by atoms with Gasteiger partial charge in [-0.1, -0.05) is 0 Å². The first-order chi connectivity index (χ1) is 20.4. The first-order valence-corrected chi connectivity index (χ1v) is 14.2. The Bertz CT molecular complexity index is 746. The maximum Gasteiger partial charge on any atom is 0.187 e. The molecule has 3 saturated heterocycles. The highest BCUT2D eigenvalue weighted by molar-refractivity contribution is 4.96. The van der Waals surface area contributed by atoms with E-state index in [4.69, 9.17) is 52.1 Å². The van der Waals surface area contributed by atoms with Crippen LogP contribution in [-0.2, 0) is 52.1 Å². The van der Waals surface area contributed by atoms with Crippen LogP contribution in [0.5, 0.6) is 0 Å². The van der Waals surface area contributed by atoms with Gasteiger partial charge in [-0.2, -0.15) is 0 Å². The van der Waals surface area contributed by atoms with Crippen LogP contribution in [0.15, 0.2) is 0 Å². The molecule has 0 radical (unpaired) electrons. The molecule has 0 bridgehead atoms. The first-order valence-electron chi connectivity index (χ1n) is 14.2. The van der Waals surface area contributed by atoms with Crippen LogP contribution >= 0.6 is 0 Å². The molecule has 0 spiro atoms. The number of methoxy groups -OCH3 is 6. The minimum absolute atomic E-state index is 0.0921. The lowest BCUT2D eigenvalue weighted by Crippen LogP contribution is -2.65. The number of aliphatic hydroxyl groups excluding tert-OH is 4. The summed E-state index contributed by atoms with van der Waals surface area (Å²) in [5.74, 6) is -1.85. The number of hydrogen-bond acceptors (Lipinski definition) is 15. The third kappa shape index (κ3) is 7.97. The monoisotopic (exact) mass is 614 g/mol. The smallest absolute Gasteiger partial charge is 0.187 e. The Morgan fingerprint density at radius 2 is 1.05 bits per heavy atom. The Balaban J connectivity index is 1.93. The van der Waals surface area contributed by atoms with Gasteiger partial charge in [0.25, 0.3) is 0 Å². The Morgan fingerprint density at radius 1 is 0.571 bits per heavy atom. The Hall–Kier alpha value is -0.600. The van der Waals surface area contributed by atoms with Gasteiger partial charge < -0.3 is 72.5 Å². The molecule has 3 heterocycles. The van der Waals surface area contributed by atoms with E-state index >= 15 is 0 Å². The number of ether oxygens (including phenoxy) is 11. The highest BCUT2D eigenvalue weighted by Gasteiger charge is 2.54. The van der Waals surface area contributed by atoms with Gasteiger partial charge in [0.15, 0.2) is 12.6 Å². The zero-order valence-corrected chi connectivity index (χ0v) is 25.3. The molecule has 4 N–H and O–H groups in total. The van der Waals surface area contributed by atoms with Crippen LogP contribution < -0.4 is 0 Å². The van der Waals surface area contributed by atoms with E-state index < -0.39 is 85.3 Å². The van der Waals surface area contributed by atoms with Crippen molar-refractivity contribution in [1.29, 1.82) is 0 Å². The topological polar surface area (TPSA) is 182 Å². The molecule has 14 atom stereocenters. The van der Waals surface area contributed by atoms with E-state index in [2.05, 4.69) is 0 Å². The van der Waals surface area contributed by atoms with Crippen LogP contribution in [-0.4, -0.2) is 177 Å². The molecule has 42 heavy (non-hydrogen) atoms. The van der Waals surface area contributed by atoms with Crippen molar-refractivity contribution in [2.24, 2.45) is 17.8 Å². The minimum atomic E-state index is -1.14. The minimum Gasteiger partial charge on any atom is -0.396 e. The van der Waals surface area contributed by atoms with Gasteiger partial charge in [-0.15, -0.1) is 0 Å². The summed E-state index contributed by atoms with van der Waals surface area (Å²) >= 11 is 0. The number of aliphatic hydroxyl groups is 4. The maximum absolute atomic E-state index is 11.0. The van der Waals surface area contributed by atoms with Crippen molar-refractivity contribution in [3.8, 4) is 0 Å². The largest absolute Gasteiger partial charge is 0.396 e. The molecule has 15 nitrogen and oxygen atoms in total. The molecule has 6 unspecified atom stereocenters. The molecule has 15 heteroatoms. The lowest BCUT2D eigenvalue weighted by atomic mass is 9.87. The van der Waals surface area contributed by atoms with Crippen LogP contribution in [0.3, 0.4) is 0 Å². The predicted octanol–water partition coefficient (Wildman–Crippen LogP) is -2.22. The van der Waals surface area contributed by atoms with Gasteiger partial charge in [0, 0.05) is 60.4 Å². The quantitative estimate of drug-likeness (QED) is 0.147. The molecule has 3 rings (SSSR count). The third-order valence-electron chi connectivity index (χ3n) is 8.43. The second kappa shape index (κ2) is 17.8. The van der Waals surface area contributed by atoms with Gasteiger partial charge in [-0.25, -0.2) is 0 Å². The van der Waals surface area contributed by atoms with E-state index in [1.54, 1.807) is 7.11 Å². The standard InChI is InChI=1S/C27H50O15/c1-32-10-17-15(8-29)22(20(35-4)13-38-17)41-27-25(37-6)23(16(9-30)19(40-27)12-34-3)42-26-24(36-5)21(31)14(7-28)18(39-26)11-33-2/h14-31H,7-13H2,1-6H3/t14-,15-,16-,17?,18?,19?,20?,21+,22+,23+,24?,25?,26+,27+/m1/s1. The van der Waals surface area contributed by atoms with Gasteiger partial charge in [-0.3, -0.25) is 0 Å². The highest BCUT2D eigenvalue weighted by atomic mass is 16.7. The third-order valence-corrected chi connectivity index (χ3v) is 8.43. The highest BCUT2D eigenvalue weighted by Crippen LogP contribution is 2.38. The van der Waals surface area contributed by atoms with E-state index in [0.29, 0.717) is 0 Å². The Kier molecular flexibility index (Phi) is 15.2. The summed E-state index contributed by atoms with van der Waals surface area (Å²) in [6.07, 6.45) is -9.17.